The van der Waals surface area contributed by atoms with Crippen molar-refractivity contribution in [2.45, 2.75) is 32.7 Å². The van der Waals surface area contributed by atoms with Gasteiger partial charge in [0.25, 0.3) is 0 Å². The van der Waals surface area contributed by atoms with Gasteiger partial charge in [0.1, 0.15) is 0 Å². The van der Waals surface area contributed by atoms with Crippen LogP contribution in [0, 0.1) is 5.92 Å². The smallest absolute Gasteiger partial charge is 0.319 e. The van der Waals surface area contributed by atoms with E-state index in [2.05, 4.69) is 10.6 Å². The molecular formula is C16H22ClN3O2. The van der Waals surface area contributed by atoms with Crippen LogP contribution in [0.5, 0.6) is 0 Å². The first-order valence-electron chi connectivity index (χ1n) is 7.57. The number of rotatable bonds is 3. The first-order valence-corrected chi connectivity index (χ1v) is 7.95. The van der Waals surface area contributed by atoms with Crippen molar-refractivity contribution in [3.05, 3.63) is 29.3 Å². The average Bonchev–Trinajstić information content (AvgIpc) is 2.49. The normalized spacial score (nSPS) is 15.7. The molecule has 3 amide bonds. The van der Waals surface area contributed by atoms with E-state index < -0.39 is 0 Å². The van der Waals surface area contributed by atoms with Crippen LogP contribution in [-0.4, -0.2) is 36.0 Å². The second-order valence-electron chi connectivity index (χ2n) is 5.86. The Hall–Kier alpha value is -1.75. The van der Waals surface area contributed by atoms with E-state index in [4.69, 9.17) is 11.6 Å². The summed E-state index contributed by atoms with van der Waals surface area (Å²) in [5, 5.41) is 6.36. The number of benzene rings is 1. The van der Waals surface area contributed by atoms with Gasteiger partial charge in [-0.15, -0.1) is 0 Å². The number of carbonyl (C=O) groups is 2. The molecule has 22 heavy (non-hydrogen) atoms. The molecule has 1 fully saturated rings. The second-order valence-corrected chi connectivity index (χ2v) is 6.30. The molecule has 1 heterocycles. The van der Waals surface area contributed by atoms with E-state index in [1.165, 1.54) is 0 Å². The summed E-state index contributed by atoms with van der Waals surface area (Å²) < 4.78 is 0. The highest BCUT2D eigenvalue weighted by atomic mass is 35.5. The van der Waals surface area contributed by atoms with Crippen LogP contribution in [0.3, 0.4) is 0 Å². The van der Waals surface area contributed by atoms with Gasteiger partial charge in [-0.25, -0.2) is 4.79 Å². The van der Waals surface area contributed by atoms with E-state index in [0.717, 1.165) is 12.8 Å². The molecule has 1 saturated heterocycles. The van der Waals surface area contributed by atoms with Crippen LogP contribution in [0.4, 0.5) is 10.5 Å². The molecule has 0 radical (unpaired) electrons. The zero-order valence-electron chi connectivity index (χ0n) is 12.9. The maximum atomic E-state index is 12.0. The molecule has 0 saturated carbocycles. The maximum absolute atomic E-state index is 12.0. The largest absolute Gasteiger partial charge is 0.342 e. The van der Waals surface area contributed by atoms with E-state index in [0.29, 0.717) is 23.8 Å². The minimum Gasteiger partial charge on any atom is -0.342 e. The topological polar surface area (TPSA) is 61.4 Å². The molecule has 5 nitrogen and oxygen atoms in total. The fourth-order valence-corrected chi connectivity index (χ4v) is 2.62. The predicted molar refractivity (Wildman–Crippen MR) is 88.0 cm³/mol. The van der Waals surface area contributed by atoms with Crippen LogP contribution in [0.25, 0.3) is 0 Å². The number of anilines is 1. The van der Waals surface area contributed by atoms with Crippen molar-refractivity contribution in [2.24, 2.45) is 5.92 Å². The highest BCUT2D eigenvalue weighted by Crippen LogP contribution is 2.15. The summed E-state index contributed by atoms with van der Waals surface area (Å²) >= 11 is 5.80. The van der Waals surface area contributed by atoms with Gasteiger partial charge in [0.2, 0.25) is 5.91 Å². The van der Waals surface area contributed by atoms with E-state index in [-0.39, 0.29) is 23.9 Å². The highest BCUT2D eigenvalue weighted by Gasteiger charge is 2.25. The number of halogens is 1. The van der Waals surface area contributed by atoms with Crippen molar-refractivity contribution in [3.63, 3.8) is 0 Å². The van der Waals surface area contributed by atoms with E-state index in [9.17, 15) is 9.59 Å². The van der Waals surface area contributed by atoms with Gasteiger partial charge in [0.15, 0.2) is 0 Å². The molecule has 0 bridgehead atoms. The van der Waals surface area contributed by atoms with Gasteiger partial charge in [-0.3, -0.25) is 4.79 Å². The van der Waals surface area contributed by atoms with Crippen molar-refractivity contribution in [1.82, 2.24) is 10.2 Å². The Labute approximate surface area is 136 Å². The molecule has 1 aliphatic rings. The Bertz CT molecular complexity index is 523. The highest BCUT2D eigenvalue weighted by molar-refractivity contribution is 6.30. The molecule has 2 rings (SSSR count). The standard InChI is InChI=1S/C16H22ClN3O2/c1-11(2)15(21)20-9-7-14(8-10-20)19-16(22)18-13-5-3-12(17)4-6-13/h3-6,11,14H,7-10H2,1-2H3,(H2,18,19,22). The van der Waals surface area contributed by atoms with Crippen LogP contribution in [0.15, 0.2) is 24.3 Å². The summed E-state index contributed by atoms with van der Waals surface area (Å²) in [6.45, 7) is 5.21. The van der Waals surface area contributed by atoms with Gasteiger partial charge in [0.05, 0.1) is 0 Å². The minimum absolute atomic E-state index is 0.0257. The van der Waals surface area contributed by atoms with Gasteiger partial charge in [0, 0.05) is 35.8 Å². The van der Waals surface area contributed by atoms with Gasteiger partial charge in [-0.2, -0.15) is 0 Å². The van der Waals surface area contributed by atoms with Crippen LogP contribution < -0.4 is 10.6 Å². The fraction of sp³-hybridized carbons (Fsp3) is 0.500. The third-order valence-corrected chi connectivity index (χ3v) is 3.99. The third-order valence-electron chi connectivity index (χ3n) is 3.74. The lowest BCUT2D eigenvalue weighted by Gasteiger charge is -2.33. The Morgan fingerprint density at radius 1 is 1.18 bits per heavy atom. The Balaban J connectivity index is 1.77. The quantitative estimate of drug-likeness (QED) is 0.897. The Kier molecular flexibility index (Phi) is 5.66. The first-order chi connectivity index (χ1) is 10.5. The molecule has 0 spiro atoms. The second kappa shape index (κ2) is 7.49. The summed E-state index contributed by atoms with van der Waals surface area (Å²) in [5.41, 5.74) is 0.703. The Morgan fingerprint density at radius 3 is 2.32 bits per heavy atom. The van der Waals surface area contributed by atoms with E-state index in [1.54, 1.807) is 24.3 Å². The molecule has 1 aromatic rings. The Morgan fingerprint density at radius 2 is 1.77 bits per heavy atom. The minimum atomic E-state index is -0.226. The average molecular weight is 324 g/mol. The predicted octanol–water partition coefficient (Wildman–Crippen LogP) is 3.11. The maximum Gasteiger partial charge on any atom is 0.319 e. The molecule has 120 valence electrons. The lowest BCUT2D eigenvalue weighted by atomic mass is 10.0. The zero-order chi connectivity index (χ0) is 16.1. The van der Waals surface area contributed by atoms with Gasteiger partial charge in [-0.1, -0.05) is 25.4 Å². The molecule has 1 aliphatic heterocycles. The van der Waals surface area contributed by atoms with Crippen LogP contribution >= 0.6 is 11.6 Å². The molecular weight excluding hydrogens is 302 g/mol. The number of likely N-dealkylation sites (tertiary alicyclic amines) is 1. The van der Waals surface area contributed by atoms with Crippen molar-refractivity contribution in [2.75, 3.05) is 18.4 Å². The van der Waals surface area contributed by atoms with Gasteiger partial charge >= 0.3 is 6.03 Å². The first kappa shape index (κ1) is 16.6. The van der Waals surface area contributed by atoms with Crippen LogP contribution in [0.1, 0.15) is 26.7 Å². The fourth-order valence-electron chi connectivity index (χ4n) is 2.50. The van der Waals surface area contributed by atoms with Crippen LogP contribution in [-0.2, 0) is 4.79 Å². The number of piperidine rings is 1. The number of nitrogens with one attached hydrogen (secondary N) is 2. The van der Waals surface area contributed by atoms with E-state index in [1.807, 2.05) is 18.7 Å². The molecule has 6 heteroatoms. The third kappa shape index (κ3) is 4.63. The summed E-state index contributed by atoms with van der Waals surface area (Å²) in [6, 6.07) is 6.84. The molecule has 0 unspecified atom stereocenters. The van der Waals surface area contributed by atoms with Crippen molar-refractivity contribution in [1.29, 1.82) is 0 Å². The summed E-state index contributed by atoms with van der Waals surface area (Å²) in [6.07, 6.45) is 1.57. The molecule has 1 aromatic carbocycles. The number of amides is 3. The lowest BCUT2D eigenvalue weighted by molar-refractivity contribution is -0.135. The summed E-state index contributed by atoms with van der Waals surface area (Å²) in [7, 11) is 0. The molecule has 0 atom stereocenters. The van der Waals surface area contributed by atoms with Crippen molar-refractivity contribution in [3.8, 4) is 0 Å². The van der Waals surface area contributed by atoms with Gasteiger partial charge in [-0.05, 0) is 37.1 Å². The lowest BCUT2D eigenvalue weighted by Crippen LogP contribution is -2.48. The number of carbonyl (C=O) groups excluding carboxylic acids is 2. The van der Waals surface area contributed by atoms with Crippen LogP contribution in [0.2, 0.25) is 5.02 Å². The number of urea groups is 1. The van der Waals surface area contributed by atoms with E-state index >= 15 is 0 Å². The number of nitrogens with zero attached hydrogens (tertiary/aromatic N) is 1. The van der Waals surface area contributed by atoms with Gasteiger partial charge < -0.3 is 15.5 Å². The summed E-state index contributed by atoms with van der Waals surface area (Å²) in [4.78, 5) is 25.7. The molecule has 0 aromatic heterocycles. The summed E-state index contributed by atoms with van der Waals surface area (Å²) in [5.74, 6) is 0.210. The number of hydrogen-bond acceptors (Lipinski definition) is 2. The van der Waals surface area contributed by atoms with Crippen molar-refractivity contribution < 1.29 is 9.59 Å². The zero-order valence-corrected chi connectivity index (χ0v) is 13.7. The SMILES string of the molecule is CC(C)C(=O)N1CCC(NC(=O)Nc2ccc(Cl)cc2)CC1. The molecule has 0 aliphatic carbocycles. The molecule has 2 N–H and O–H groups in total. The monoisotopic (exact) mass is 323 g/mol. The van der Waals surface area contributed by atoms with Crippen molar-refractivity contribution >= 4 is 29.2 Å². The number of hydrogen-bond donors (Lipinski definition) is 2.